The topological polar surface area (TPSA) is 113 Å². The minimum atomic E-state index is -3.03. The van der Waals surface area contributed by atoms with Gasteiger partial charge in [0.05, 0.1) is 22.9 Å². The molecule has 1 aromatic carbocycles. The Labute approximate surface area is 216 Å². The van der Waals surface area contributed by atoms with Crippen LogP contribution in [0.4, 0.5) is 8.78 Å². The molecule has 2 N–H and O–H groups in total. The van der Waals surface area contributed by atoms with Crippen LogP contribution in [0.15, 0.2) is 48.9 Å². The lowest BCUT2D eigenvalue weighted by Crippen LogP contribution is -2.30. The first-order chi connectivity index (χ1) is 18.0. The third-order valence-corrected chi connectivity index (χ3v) is 7.39. The Morgan fingerprint density at radius 2 is 1.87 bits per heavy atom. The highest BCUT2D eigenvalue weighted by Gasteiger charge is 2.46. The van der Waals surface area contributed by atoms with Gasteiger partial charge in [-0.3, -0.25) is 4.79 Å². The van der Waals surface area contributed by atoms with Crippen molar-refractivity contribution in [2.75, 3.05) is 7.05 Å². The van der Waals surface area contributed by atoms with Gasteiger partial charge in [-0.2, -0.15) is 13.9 Å². The van der Waals surface area contributed by atoms with Gasteiger partial charge in [-0.15, -0.1) is 0 Å². The normalized spacial score (nSPS) is 19.5. The minimum absolute atomic E-state index is 0.0115. The van der Waals surface area contributed by atoms with E-state index in [0.29, 0.717) is 23.1 Å². The first-order valence-corrected chi connectivity index (χ1v) is 12.1. The van der Waals surface area contributed by atoms with Crippen LogP contribution in [0.3, 0.4) is 0 Å². The fraction of sp³-hybridized carbons (Fsp3) is 0.333. The zero-order valence-corrected chi connectivity index (χ0v) is 20.8. The van der Waals surface area contributed by atoms with Gasteiger partial charge in [0, 0.05) is 53.8 Å². The number of hydrogen-bond donors (Lipinski definition) is 2. The first-order valence-electron chi connectivity index (χ1n) is 12.1. The number of amides is 1. The van der Waals surface area contributed by atoms with Gasteiger partial charge in [0.2, 0.25) is 0 Å². The number of aliphatic hydroxyl groups excluding tert-OH is 1. The molecule has 4 aromatic rings. The molecule has 11 heteroatoms. The molecule has 6 rings (SSSR count). The van der Waals surface area contributed by atoms with Crippen molar-refractivity contribution >= 4 is 11.4 Å². The number of carbonyl (C=O) groups excluding carboxylic acids is 1. The molecule has 0 saturated carbocycles. The maximum Gasteiger partial charge on any atom is 0.387 e. The molecular formula is C27H25F2N5O4. The molecule has 3 atom stereocenters. The molecule has 3 aromatic heterocycles. The van der Waals surface area contributed by atoms with E-state index in [1.807, 2.05) is 12.1 Å². The maximum atomic E-state index is 13.3. The lowest BCUT2D eigenvalue weighted by atomic mass is 9.88. The van der Waals surface area contributed by atoms with E-state index < -0.39 is 18.3 Å². The van der Waals surface area contributed by atoms with Gasteiger partial charge in [-0.05, 0) is 50.1 Å². The van der Waals surface area contributed by atoms with Crippen molar-refractivity contribution in [2.45, 2.75) is 50.5 Å². The second-order valence-electron chi connectivity index (χ2n) is 10.2. The molecule has 1 aliphatic heterocycles. The third kappa shape index (κ3) is 3.72. The molecular weight excluding hydrogens is 496 g/mol. The number of aliphatic hydroxyl groups is 2. The zero-order chi connectivity index (χ0) is 26.9. The summed E-state index contributed by atoms with van der Waals surface area (Å²) in [5, 5.41) is 25.1. The van der Waals surface area contributed by atoms with Gasteiger partial charge in [-0.1, -0.05) is 6.07 Å². The van der Waals surface area contributed by atoms with Crippen LogP contribution in [0.2, 0.25) is 0 Å². The molecule has 0 radical (unpaired) electrons. The Kier molecular flexibility index (Phi) is 5.48. The molecule has 2 bridgehead atoms. The molecule has 2 aliphatic rings. The highest BCUT2D eigenvalue weighted by atomic mass is 19.3. The fourth-order valence-electron chi connectivity index (χ4n) is 5.49. The summed E-state index contributed by atoms with van der Waals surface area (Å²) in [5.41, 5.74) is 3.21. The van der Waals surface area contributed by atoms with Crippen LogP contribution in [0.1, 0.15) is 71.3 Å². The van der Waals surface area contributed by atoms with Crippen LogP contribution in [-0.2, 0) is 0 Å². The average molecular weight is 522 g/mol. The lowest BCUT2D eigenvalue weighted by molar-refractivity contribution is -0.0540. The number of rotatable bonds is 5. The predicted octanol–water partition coefficient (Wildman–Crippen LogP) is 3.86. The van der Waals surface area contributed by atoms with Crippen LogP contribution in [0, 0.1) is 0 Å². The Bertz CT molecular complexity index is 1560. The van der Waals surface area contributed by atoms with Crippen molar-refractivity contribution in [1.82, 2.24) is 24.5 Å². The van der Waals surface area contributed by atoms with Gasteiger partial charge >= 0.3 is 6.61 Å². The molecule has 4 heterocycles. The van der Waals surface area contributed by atoms with E-state index in [4.69, 9.17) is 9.84 Å². The van der Waals surface area contributed by atoms with Crippen molar-refractivity contribution in [1.29, 1.82) is 0 Å². The monoisotopic (exact) mass is 521 g/mol. The minimum Gasteiger partial charge on any atom is -0.434 e. The Hall–Kier alpha value is -3.96. The smallest absolute Gasteiger partial charge is 0.387 e. The number of aromatic nitrogens is 4. The molecule has 0 unspecified atom stereocenters. The summed E-state index contributed by atoms with van der Waals surface area (Å²) in [6.45, 7) is -0.0759. The molecule has 0 fully saturated rings. The average Bonchev–Trinajstić information content (AvgIpc) is 3.40. The van der Waals surface area contributed by atoms with Gasteiger partial charge < -0.3 is 19.8 Å². The lowest BCUT2D eigenvalue weighted by Gasteiger charge is -2.23. The number of halogens is 2. The number of nitrogens with zero attached hydrogens (tertiary/aromatic N) is 5. The van der Waals surface area contributed by atoms with Crippen molar-refractivity contribution < 1.29 is 28.5 Å². The second kappa shape index (κ2) is 8.53. The van der Waals surface area contributed by atoms with Gasteiger partial charge in [0.15, 0.2) is 5.82 Å². The Morgan fingerprint density at radius 3 is 2.55 bits per heavy atom. The summed E-state index contributed by atoms with van der Waals surface area (Å²) >= 11 is 0. The highest BCUT2D eigenvalue weighted by molar-refractivity contribution is 5.98. The number of benzene rings is 1. The second-order valence-corrected chi connectivity index (χ2v) is 10.2. The summed E-state index contributed by atoms with van der Waals surface area (Å²) in [4.78, 5) is 23.4. The van der Waals surface area contributed by atoms with Crippen molar-refractivity contribution in [2.24, 2.45) is 0 Å². The molecule has 0 saturated heterocycles. The van der Waals surface area contributed by atoms with Gasteiger partial charge in [0.25, 0.3) is 5.91 Å². The van der Waals surface area contributed by atoms with Crippen molar-refractivity contribution in [3.05, 3.63) is 77.1 Å². The summed E-state index contributed by atoms with van der Waals surface area (Å²) in [6.07, 6.45) is 4.19. The third-order valence-electron chi connectivity index (χ3n) is 7.39. The van der Waals surface area contributed by atoms with Crippen molar-refractivity contribution in [3.63, 3.8) is 0 Å². The van der Waals surface area contributed by atoms with Crippen LogP contribution in [0.5, 0.6) is 5.75 Å². The quantitative estimate of drug-likeness (QED) is 0.410. The van der Waals surface area contributed by atoms with E-state index in [9.17, 15) is 23.8 Å². The maximum absolute atomic E-state index is 13.3. The van der Waals surface area contributed by atoms with Crippen LogP contribution in [-0.4, -0.2) is 59.9 Å². The first kappa shape index (κ1) is 24.4. The van der Waals surface area contributed by atoms with E-state index in [1.165, 1.54) is 19.9 Å². The number of pyridine rings is 1. The molecule has 38 heavy (non-hydrogen) atoms. The van der Waals surface area contributed by atoms with Gasteiger partial charge in [0.1, 0.15) is 11.9 Å². The van der Waals surface area contributed by atoms with Crippen LogP contribution in [0.25, 0.3) is 16.6 Å². The zero-order valence-electron chi connectivity index (χ0n) is 20.8. The Morgan fingerprint density at radius 1 is 1.13 bits per heavy atom. The number of hydrogen-bond acceptors (Lipinski definition) is 7. The summed E-state index contributed by atoms with van der Waals surface area (Å²) < 4.78 is 33.2. The van der Waals surface area contributed by atoms with E-state index in [1.54, 1.807) is 47.2 Å². The summed E-state index contributed by atoms with van der Waals surface area (Å²) in [7, 11) is 1.70. The fourth-order valence-corrected chi connectivity index (χ4v) is 5.49. The summed E-state index contributed by atoms with van der Waals surface area (Å²) in [6, 6.07) is 8.11. The van der Waals surface area contributed by atoms with Crippen molar-refractivity contribution in [3.8, 4) is 16.9 Å². The number of carbonyl (C=O) groups is 1. The number of ether oxygens (including phenoxy) is 1. The molecule has 1 amide bonds. The predicted molar refractivity (Wildman–Crippen MR) is 132 cm³/mol. The largest absolute Gasteiger partial charge is 0.434 e. The molecule has 196 valence electrons. The summed E-state index contributed by atoms with van der Waals surface area (Å²) in [5.74, 6) is -0.542. The SMILES string of the molecule is CN1C(=O)c2cccc(OC(F)F)c2[C@H]2C[C@@H]1c1nn3ccc(-c4cnc([C@@H](O)C(C)(C)O)nc4)cc3c12. The molecule has 0 spiro atoms. The number of alkyl halides is 2. The van der Waals surface area contributed by atoms with E-state index >= 15 is 0 Å². The highest BCUT2D eigenvalue weighted by Crippen LogP contribution is 2.53. The Balaban J connectivity index is 1.48. The van der Waals surface area contributed by atoms with Crippen LogP contribution < -0.4 is 4.74 Å². The van der Waals surface area contributed by atoms with E-state index in [0.717, 1.165) is 22.3 Å². The molecule has 9 nitrogen and oxygen atoms in total. The van der Waals surface area contributed by atoms with E-state index in [2.05, 4.69) is 9.97 Å². The standard InChI is InChI=1S/C27H25F2N5O4/c1-27(2,37)23(35)24-30-11-14(12-31-24)13-7-8-34-17(9-13)21-16-10-18(22(21)32-34)33(3)25(36)15-5-4-6-19(20(15)16)38-26(28)29/h4-9,11-12,16,18,23,26,35,37H,10H2,1-3H3/t16-,18-,23-/m1/s1. The van der Waals surface area contributed by atoms with Crippen LogP contribution >= 0.6 is 0 Å². The molecule has 1 aliphatic carbocycles. The van der Waals surface area contributed by atoms with Gasteiger partial charge in [-0.25, -0.2) is 14.5 Å². The number of fused-ring (bicyclic) bond motifs is 9. The van der Waals surface area contributed by atoms with E-state index in [-0.39, 0.29) is 29.4 Å².